The molecule has 0 N–H and O–H groups in total. The Morgan fingerprint density at radius 1 is 1.39 bits per heavy atom. The number of nitrogens with zero attached hydrogens (tertiary/aromatic N) is 6. The SMILES string of the molecule is CCC(=O)OCn1nnnc1-c1cnc2c(C)cccn2c1=O. The molecule has 0 fully saturated rings. The molecule has 0 aromatic carbocycles. The molecule has 3 rings (SSSR count). The molecule has 118 valence electrons. The van der Waals surface area contributed by atoms with Gasteiger partial charge in [0, 0.05) is 18.8 Å². The predicted molar refractivity (Wildman–Crippen MR) is 79.4 cm³/mol. The van der Waals surface area contributed by atoms with Crippen LogP contribution in [0.1, 0.15) is 18.9 Å². The smallest absolute Gasteiger partial charge is 0.307 e. The zero-order valence-electron chi connectivity index (χ0n) is 12.6. The highest BCUT2D eigenvalue weighted by molar-refractivity contribution is 5.68. The van der Waals surface area contributed by atoms with Crippen LogP contribution in [0.2, 0.25) is 0 Å². The number of rotatable bonds is 4. The van der Waals surface area contributed by atoms with E-state index in [9.17, 15) is 9.59 Å². The average Bonchev–Trinajstić information content (AvgIpc) is 3.02. The monoisotopic (exact) mass is 314 g/mol. The van der Waals surface area contributed by atoms with Gasteiger partial charge in [-0.3, -0.25) is 14.0 Å². The summed E-state index contributed by atoms with van der Waals surface area (Å²) in [5.74, 6) is -0.183. The lowest BCUT2D eigenvalue weighted by Gasteiger charge is -2.07. The van der Waals surface area contributed by atoms with E-state index in [0.29, 0.717) is 5.65 Å². The van der Waals surface area contributed by atoms with Crippen LogP contribution >= 0.6 is 0 Å². The number of aryl methyl sites for hydroxylation is 1. The molecular weight excluding hydrogens is 300 g/mol. The second-order valence-electron chi connectivity index (χ2n) is 4.86. The minimum atomic E-state index is -0.379. The van der Waals surface area contributed by atoms with Crippen molar-refractivity contribution >= 4 is 11.6 Å². The predicted octanol–water partition coefficient (Wildman–Crippen LogP) is 0.567. The number of aromatic nitrogens is 6. The van der Waals surface area contributed by atoms with Gasteiger partial charge in [-0.05, 0) is 29.0 Å². The second-order valence-corrected chi connectivity index (χ2v) is 4.86. The summed E-state index contributed by atoms with van der Waals surface area (Å²) in [6.07, 6.45) is 3.30. The Bertz CT molecular complexity index is 930. The highest BCUT2D eigenvalue weighted by atomic mass is 16.5. The Labute approximate surface area is 130 Å². The van der Waals surface area contributed by atoms with E-state index in [1.165, 1.54) is 15.3 Å². The van der Waals surface area contributed by atoms with Gasteiger partial charge in [-0.25, -0.2) is 4.98 Å². The van der Waals surface area contributed by atoms with Crippen LogP contribution in [0, 0.1) is 6.92 Å². The molecule has 23 heavy (non-hydrogen) atoms. The van der Waals surface area contributed by atoms with E-state index >= 15 is 0 Å². The number of carbonyl (C=O) groups excluding carboxylic acids is 1. The Balaban J connectivity index is 2.05. The van der Waals surface area contributed by atoms with E-state index in [0.717, 1.165) is 5.56 Å². The van der Waals surface area contributed by atoms with Crippen molar-refractivity contribution in [1.29, 1.82) is 0 Å². The fourth-order valence-electron chi connectivity index (χ4n) is 2.12. The second kappa shape index (κ2) is 5.95. The minimum Gasteiger partial charge on any atom is -0.442 e. The first-order chi connectivity index (χ1) is 11.1. The third-order valence-corrected chi connectivity index (χ3v) is 3.34. The normalized spacial score (nSPS) is 10.9. The van der Waals surface area contributed by atoms with Crippen LogP contribution in [-0.2, 0) is 16.3 Å². The molecule has 9 heteroatoms. The van der Waals surface area contributed by atoms with Gasteiger partial charge in [0.2, 0.25) is 0 Å². The highest BCUT2D eigenvalue weighted by Crippen LogP contribution is 2.12. The molecule has 0 aliphatic rings. The quantitative estimate of drug-likeness (QED) is 0.648. The number of hydrogen-bond donors (Lipinski definition) is 0. The van der Waals surface area contributed by atoms with Crippen LogP contribution in [-0.4, -0.2) is 35.6 Å². The third kappa shape index (κ3) is 2.68. The van der Waals surface area contributed by atoms with E-state index in [1.54, 1.807) is 19.2 Å². The summed E-state index contributed by atoms with van der Waals surface area (Å²) in [5.41, 5.74) is 1.38. The number of ether oxygens (including phenoxy) is 1. The summed E-state index contributed by atoms with van der Waals surface area (Å²) in [4.78, 5) is 28.2. The molecule has 0 unspecified atom stereocenters. The summed E-state index contributed by atoms with van der Waals surface area (Å²) in [7, 11) is 0. The number of carbonyl (C=O) groups is 1. The van der Waals surface area contributed by atoms with Crippen molar-refractivity contribution in [3.63, 3.8) is 0 Å². The summed E-state index contributed by atoms with van der Waals surface area (Å²) in [6.45, 7) is 3.39. The van der Waals surface area contributed by atoms with Crippen molar-refractivity contribution in [2.45, 2.75) is 27.0 Å². The van der Waals surface area contributed by atoms with E-state index in [-0.39, 0.29) is 36.1 Å². The van der Waals surface area contributed by atoms with Crippen LogP contribution in [0.3, 0.4) is 0 Å². The number of esters is 1. The van der Waals surface area contributed by atoms with Crippen molar-refractivity contribution in [2.24, 2.45) is 0 Å². The lowest BCUT2D eigenvalue weighted by molar-refractivity contribution is -0.147. The molecule has 0 saturated heterocycles. The van der Waals surface area contributed by atoms with E-state index < -0.39 is 0 Å². The zero-order chi connectivity index (χ0) is 16.4. The number of hydrogen-bond acceptors (Lipinski definition) is 7. The van der Waals surface area contributed by atoms with Crippen LogP contribution in [0.25, 0.3) is 17.0 Å². The van der Waals surface area contributed by atoms with E-state index in [4.69, 9.17) is 4.74 Å². The molecule has 0 bridgehead atoms. The van der Waals surface area contributed by atoms with Gasteiger partial charge in [0.15, 0.2) is 12.6 Å². The molecule has 0 aliphatic carbocycles. The van der Waals surface area contributed by atoms with Crippen LogP contribution in [0.5, 0.6) is 0 Å². The molecular formula is C14H14N6O3. The third-order valence-electron chi connectivity index (χ3n) is 3.34. The summed E-state index contributed by atoms with van der Waals surface area (Å²) >= 11 is 0. The van der Waals surface area contributed by atoms with Gasteiger partial charge in [-0.1, -0.05) is 13.0 Å². The molecule has 0 saturated carbocycles. The Morgan fingerprint density at radius 3 is 3.00 bits per heavy atom. The zero-order valence-corrected chi connectivity index (χ0v) is 12.6. The first-order valence-corrected chi connectivity index (χ1v) is 7.01. The molecule has 3 aromatic rings. The lowest BCUT2D eigenvalue weighted by atomic mass is 10.2. The maximum absolute atomic E-state index is 12.6. The van der Waals surface area contributed by atoms with Gasteiger partial charge < -0.3 is 4.74 Å². The minimum absolute atomic E-state index is 0.162. The van der Waals surface area contributed by atoms with Gasteiger partial charge in [-0.15, -0.1) is 5.10 Å². The van der Waals surface area contributed by atoms with Gasteiger partial charge in [0.1, 0.15) is 11.2 Å². The average molecular weight is 314 g/mol. The van der Waals surface area contributed by atoms with Gasteiger partial charge in [-0.2, -0.15) is 4.68 Å². The number of pyridine rings is 1. The number of fused-ring (bicyclic) bond motifs is 1. The van der Waals surface area contributed by atoms with E-state index in [1.807, 2.05) is 13.0 Å². The summed E-state index contributed by atoms with van der Waals surface area (Å²) in [6, 6.07) is 3.64. The summed E-state index contributed by atoms with van der Waals surface area (Å²) < 4.78 is 7.67. The first kappa shape index (κ1) is 14.8. The van der Waals surface area contributed by atoms with Crippen LogP contribution < -0.4 is 5.56 Å². The van der Waals surface area contributed by atoms with Crippen molar-refractivity contribution < 1.29 is 9.53 Å². The van der Waals surface area contributed by atoms with Crippen molar-refractivity contribution in [3.05, 3.63) is 40.4 Å². The molecule has 0 spiro atoms. The molecule has 9 nitrogen and oxygen atoms in total. The number of tetrazole rings is 1. The summed E-state index contributed by atoms with van der Waals surface area (Å²) in [5, 5.41) is 11.1. The maximum Gasteiger partial charge on any atom is 0.307 e. The molecule has 0 radical (unpaired) electrons. The molecule has 0 amide bonds. The van der Waals surface area contributed by atoms with Crippen LogP contribution in [0.4, 0.5) is 0 Å². The molecule has 0 atom stereocenters. The lowest BCUT2D eigenvalue weighted by Crippen LogP contribution is -2.20. The Hall–Kier alpha value is -3.10. The standard InChI is InChI=1S/C14H14N6O3/c1-3-11(21)23-8-20-13(16-17-18-20)10-7-15-12-9(2)5-4-6-19(12)14(10)22/h4-7H,3,8H2,1-2H3. The van der Waals surface area contributed by atoms with Gasteiger partial charge in [0.05, 0.1) is 0 Å². The fraction of sp³-hybridized carbons (Fsp3) is 0.286. The van der Waals surface area contributed by atoms with Gasteiger partial charge >= 0.3 is 5.97 Å². The fourth-order valence-corrected chi connectivity index (χ4v) is 2.12. The highest BCUT2D eigenvalue weighted by Gasteiger charge is 2.16. The van der Waals surface area contributed by atoms with Crippen LogP contribution in [0.15, 0.2) is 29.3 Å². The maximum atomic E-state index is 12.6. The largest absolute Gasteiger partial charge is 0.442 e. The first-order valence-electron chi connectivity index (χ1n) is 7.01. The van der Waals surface area contributed by atoms with Crippen molar-refractivity contribution in [3.8, 4) is 11.4 Å². The topological polar surface area (TPSA) is 104 Å². The molecule has 3 heterocycles. The van der Waals surface area contributed by atoms with E-state index in [2.05, 4.69) is 20.5 Å². The van der Waals surface area contributed by atoms with Crippen molar-refractivity contribution in [2.75, 3.05) is 0 Å². The Kier molecular flexibility index (Phi) is 3.83. The van der Waals surface area contributed by atoms with Gasteiger partial charge in [0.25, 0.3) is 5.56 Å². The Morgan fingerprint density at radius 2 is 2.22 bits per heavy atom. The molecule has 0 aliphatic heterocycles. The molecule has 3 aromatic heterocycles. The van der Waals surface area contributed by atoms with Crippen molar-refractivity contribution in [1.82, 2.24) is 29.6 Å².